The Hall–Kier alpha value is -1.07. The van der Waals surface area contributed by atoms with E-state index >= 15 is 0 Å². The Labute approximate surface area is 96.6 Å². The second-order valence-corrected chi connectivity index (χ2v) is 4.81. The van der Waals surface area contributed by atoms with Crippen LogP contribution >= 0.6 is 0 Å². The zero-order valence-corrected chi connectivity index (χ0v) is 9.55. The largest absolute Gasteiger partial charge is 0.397 e. The van der Waals surface area contributed by atoms with Gasteiger partial charge in [0.05, 0.1) is 5.70 Å². The Balaban J connectivity index is 2.49. The predicted octanol–water partition coefficient (Wildman–Crippen LogP) is 2.60. The molecular formula is C11H14F4N2. The van der Waals surface area contributed by atoms with Crippen molar-refractivity contribution < 1.29 is 17.6 Å². The van der Waals surface area contributed by atoms with Crippen molar-refractivity contribution in [3.8, 4) is 0 Å². The number of aliphatic imine (C=N–C) groups is 1. The van der Waals surface area contributed by atoms with Crippen LogP contribution in [0, 0.1) is 11.8 Å². The van der Waals surface area contributed by atoms with E-state index < -0.39 is 35.6 Å². The maximum Gasteiger partial charge on any atom is 0.292 e. The van der Waals surface area contributed by atoms with Crippen molar-refractivity contribution in [3.63, 3.8) is 0 Å². The van der Waals surface area contributed by atoms with E-state index in [2.05, 4.69) is 4.99 Å². The topological polar surface area (TPSA) is 38.4 Å². The first-order chi connectivity index (χ1) is 7.76. The van der Waals surface area contributed by atoms with Crippen LogP contribution in [-0.4, -0.2) is 24.1 Å². The second-order valence-electron chi connectivity index (χ2n) is 4.81. The fourth-order valence-corrected chi connectivity index (χ4v) is 2.33. The minimum Gasteiger partial charge on any atom is -0.397 e. The van der Waals surface area contributed by atoms with Crippen LogP contribution in [0.25, 0.3) is 0 Å². The standard InChI is InChI=1S/C11H14F4N2/c1-4(2)17-9-7(8(16)10(12)13)5-3-6(5)11(9,14)15/h4-6,10H,3,16H2,1-2H3/b8-7-,17-9?/t5-,6+/m0/s1. The molecule has 0 aromatic heterocycles. The Morgan fingerprint density at radius 3 is 2.47 bits per heavy atom. The minimum atomic E-state index is -3.11. The van der Waals surface area contributed by atoms with Crippen LogP contribution in [-0.2, 0) is 0 Å². The van der Waals surface area contributed by atoms with Crippen molar-refractivity contribution in [2.24, 2.45) is 22.6 Å². The van der Waals surface area contributed by atoms with Gasteiger partial charge in [-0.1, -0.05) is 0 Å². The normalized spacial score (nSPS) is 35.6. The number of nitrogens with two attached hydrogens (primary N) is 1. The van der Waals surface area contributed by atoms with Crippen molar-refractivity contribution in [2.45, 2.75) is 38.7 Å². The number of fused-ring (bicyclic) bond motifs is 1. The van der Waals surface area contributed by atoms with Gasteiger partial charge in [0, 0.05) is 17.5 Å². The van der Waals surface area contributed by atoms with Gasteiger partial charge in [0.1, 0.15) is 5.71 Å². The monoisotopic (exact) mass is 250 g/mol. The molecule has 2 nitrogen and oxygen atoms in total. The maximum absolute atomic E-state index is 13.8. The number of alkyl halides is 4. The van der Waals surface area contributed by atoms with Gasteiger partial charge in [0.2, 0.25) is 0 Å². The van der Waals surface area contributed by atoms with Crippen molar-refractivity contribution in [2.75, 3.05) is 0 Å². The summed E-state index contributed by atoms with van der Waals surface area (Å²) in [5, 5.41) is 0. The van der Waals surface area contributed by atoms with E-state index in [1.165, 1.54) is 0 Å². The molecular weight excluding hydrogens is 236 g/mol. The average molecular weight is 250 g/mol. The maximum atomic E-state index is 13.8. The number of nitrogens with zero attached hydrogens (tertiary/aromatic N) is 1. The lowest BCUT2D eigenvalue weighted by molar-refractivity contribution is 0.0575. The summed E-state index contributed by atoms with van der Waals surface area (Å²) in [6.45, 7) is 3.26. The van der Waals surface area contributed by atoms with Crippen LogP contribution in [0.1, 0.15) is 20.3 Å². The van der Waals surface area contributed by atoms with E-state index in [9.17, 15) is 17.6 Å². The molecule has 2 atom stereocenters. The molecule has 96 valence electrons. The molecule has 2 aliphatic rings. The second kappa shape index (κ2) is 3.71. The molecule has 2 N–H and O–H groups in total. The summed E-state index contributed by atoms with van der Waals surface area (Å²) in [6.07, 6.45) is -2.68. The summed E-state index contributed by atoms with van der Waals surface area (Å²) < 4.78 is 52.7. The third kappa shape index (κ3) is 1.83. The van der Waals surface area contributed by atoms with E-state index in [4.69, 9.17) is 5.73 Å². The highest BCUT2D eigenvalue weighted by Crippen LogP contribution is 2.61. The Morgan fingerprint density at radius 1 is 1.41 bits per heavy atom. The fraction of sp³-hybridized carbons (Fsp3) is 0.727. The van der Waals surface area contributed by atoms with Crippen LogP contribution in [0.4, 0.5) is 17.6 Å². The Kier molecular flexibility index (Phi) is 2.71. The number of rotatable bonds is 2. The minimum absolute atomic E-state index is 0.108. The van der Waals surface area contributed by atoms with E-state index in [0.29, 0.717) is 0 Å². The highest BCUT2D eigenvalue weighted by Gasteiger charge is 2.67. The van der Waals surface area contributed by atoms with Crippen LogP contribution < -0.4 is 5.73 Å². The van der Waals surface area contributed by atoms with Crippen LogP contribution in [0.5, 0.6) is 0 Å². The molecule has 0 aromatic carbocycles. The number of halogens is 4. The average Bonchev–Trinajstić information content (AvgIpc) is 2.92. The lowest BCUT2D eigenvalue weighted by Crippen LogP contribution is -2.30. The lowest BCUT2D eigenvalue weighted by Gasteiger charge is -2.17. The van der Waals surface area contributed by atoms with E-state index in [1.54, 1.807) is 13.8 Å². The Morgan fingerprint density at radius 2 is 2.00 bits per heavy atom. The molecule has 0 heterocycles. The van der Waals surface area contributed by atoms with Gasteiger partial charge < -0.3 is 5.73 Å². The fourth-order valence-electron chi connectivity index (χ4n) is 2.33. The molecule has 17 heavy (non-hydrogen) atoms. The van der Waals surface area contributed by atoms with Crippen molar-refractivity contribution in [3.05, 3.63) is 11.3 Å². The summed E-state index contributed by atoms with van der Waals surface area (Å²) in [6, 6.07) is -0.367. The molecule has 0 radical (unpaired) electrons. The third-order valence-corrected chi connectivity index (χ3v) is 3.13. The molecule has 0 amide bonds. The zero-order valence-electron chi connectivity index (χ0n) is 9.55. The molecule has 6 heteroatoms. The molecule has 0 saturated heterocycles. The smallest absolute Gasteiger partial charge is 0.292 e. The van der Waals surface area contributed by atoms with Crippen molar-refractivity contribution in [1.82, 2.24) is 0 Å². The van der Waals surface area contributed by atoms with Gasteiger partial charge in [0.15, 0.2) is 0 Å². The van der Waals surface area contributed by atoms with Gasteiger partial charge in [0.25, 0.3) is 12.3 Å². The van der Waals surface area contributed by atoms with Gasteiger partial charge in [-0.3, -0.25) is 4.99 Å². The first kappa shape index (κ1) is 12.4. The summed E-state index contributed by atoms with van der Waals surface area (Å²) in [5.41, 5.74) is 3.87. The van der Waals surface area contributed by atoms with Gasteiger partial charge >= 0.3 is 0 Å². The molecule has 0 aromatic rings. The zero-order chi connectivity index (χ0) is 13.0. The number of hydrogen-bond donors (Lipinski definition) is 1. The highest BCUT2D eigenvalue weighted by molar-refractivity contribution is 6.10. The molecule has 0 bridgehead atoms. The summed E-state index contributed by atoms with van der Waals surface area (Å²) in [4.78, 5) is 3.79. The first-order valence-corrected chi connectivity index (χ1v) is 5.51. The number of allylic oxidation sites excluding steroid dienone is 2. The molecule has 2 saturated carbocycles. The highest BCUT2D eigenvalue weighted by atomic mass is 19.3. The lowest BCUT2D eigenvalue weighted by atomic mass is 10.0. The predicted molar refractivity (Wildman–Crippen MR) is 56.3 cm³/mol. The van der Waals surface area contributed by atoms with Gasteiger partial charge in [-0.05, 0) is 26.2 Å². The molecule has 2 rings (SSSR count). The van der Waals surface area contributed by atoms with Gasteiger partial charge in [-0.15, -0.1) is 0 Å². The quantitative estimate of drug-likeness (QED) is 0.752. The third-order valence-electron chi connectivity index (χ3n) is 3.13. The summed E-state index contributed by atoms with van der Waals surface area (Å²) >= 11 is 0. The molecule has 0 spiro atoms. The van der Waals surface area contributed by atoms with Gasteiger partial charge in [-0.2, -0.15) is 8.78 Å². The van der Waals surface area contributed by atoms with Crippen molar-refractivity contribution in [1.29, 1.82) is 0 Å². The van der Waals surface area contributed by atoms with E-state index in [-0.39, 0.29) is 18.0 Å². The molecule has 0 aliphatic heterocycles. The Bertz CT molecular complexity index is 398. The van der Waals surface area contributed by atoms with Crippen LogP contribution in [0.2, 0.25) is 0 Å². The molecule has 0 unspecified atom stereocenters. The van der Waals surface area contributed by atoms with Crippen LogP contribution in [0.3, 0.4) is 0 Å². The molecule has 2 aliphatic carbocycles. The SMILES string of the molecule is CC(C)N=C1/C(=C(\N)C(F)F)[C@H]2C[C@H]2C1(F)F. The molecule has 2 fully saturated rings. The van der Waals surface area contributed by atoms with E-state index in [1.807, 2.05) is 0 Å². The van der Waals surface area contributed by atoms with Crippen LogP contribution in [0.15, 0.2) is 16.3 Å². The summed E-state index contributed by atoms with van der Waals surface area (Å²) in [5.74, 6) is -4.52. The first-order valence-electron chi connectivity index (χ1n) is 5.51. The van der Waals surface area contributed by atoms with E-state index in [0.717, 1.165) is 0 Å². The van der Waals surface area contributed by atoms with Crippen molar-refractivity contribution >= 4 is 5.71 Å². The summed E-state index contributed by atoms with van der Waals surface area (Å²) in [7, 11) is 0. The van der Waals surface area contributed by atoms with Gasteiger partial charge in [-0.25, -0.2) is 8.78 Å². The number of hydrogen-bond acceptors (Lipinski definition) is 2.